The van der Waals surface area contributed by atoms with E-state index >= 15 is 0 Å². The minimum absolute atomic E-state index is 0. The van der Waals surface area contributed by atoms with Gasteiger partial charge in [-0.1, -0.05) is 190 Å². The van der Waals surface area contributed by atoms with Gasteiger partial charge in [0, 0.05) is 0 Å². The van der Waals surface area contributed by atoms with Crippen molar-refractivity contribution in [3.8, 4) is 0 Å². The van der Waals surface area contributed by atoms with Crippen molar-refractivity contribution in [2.75, 3.05) is 26.7 Å². The molecule has 0 heterocycles. The van der Waals surface area contributed by atoms with Gasteiger partial charge in [-0.2, -0.15) is 0 Å². The molecule has 0 rings (SSSR count). The highest BCUT2D eigenvalue weighted by molar-refractivity contribution is 4.94. The Hall–Kier alpha value is -1.31. The molecule has 0 bridgehead atoms. The first-order chi connectivity index (χ1) is 27.7. The molecule has 0 radical (unpaired) electrons. The van der Waals surface area contributed by atoms with Crippen molar-refractivity contribution in [1.29, 1.82) is 0 Å². The predicted octanol–water partition coefficient (Wildman–Crippen LogP) is 15.9. The van der Waals surface area contributed by atoms with Crippen LogP contribution in [0.1, 0.15) is 252 Å². The van der Waals surface area contributed by atoms with E-state index in [0.717, 1.165) is 19.3 Å². The first kappa shape index (κ1) is 57.8. The highest BCUT2D eigenvalue weighted by Gasteiger charge is 2.20. The summed E-state index contributed by atoms with van der Waals surface area (Å²) in [4.78, 5) is 0. The number of rotatable bonds is 45. The standard InChI is InChI=1S/C55H102N.ClH/c1-5-8-11-14-17-20-23-26-29-32-35-38-41-44-47-50-53-56(4,54-51-48-45-42-39-36-33-30-27-24-21-18-15-12-9-6-2)55-52-49-46-43-40-37-34-31-28-25-22-19-16-13-10-7-3;/h17-22,26-31H,5-16,23-25,32-55H2,1-4H3;1H/q+1;/p-1/b20-17-,21-18-,22-19-,29-26-,30-27-,31-28-;. The van der Waals surface area contributed by atoms with Crippen LogP contribution in [0.5, 0.6) is 0 Å². The fourth-order valence-corrected chi connectivity index (χ4v) is 7.78. The number of nitrogens with zero attached hydrogens (tertiary/aromatic N) is 1. The molecule has 334 valence electrons. The van der Waals surface area contributed by atoms with E-state index in [4.69, 9.17) is 0 Å². The first-order valence-electron chi connectivity index (χ1n) is 25.4. The van der Waals surface area contributed by atoms with Crippen molar-refractivity contribution in [2.45, 2.75) is 252 Å². The lowest BCUT2D eigenvalue weighted by atomic mass is 10.1. The molecule has 0 atom stereocenters. The topological polar surface area (TPSA) is 0 Å². The maximum Gasteiger partial charge on any atom is 0.0784 e. The molecule has 0 aromatic rings. The normalized spacial score (nSPS) is 12.6. The Morgan fingerprint density at radius 1 is 0.246 bits per heavy atom. The molecule has 0 aliphatic rings. The summed E-state index contributed by atoms with van der Waals surface area (Å²) in [7, 11) is 2.60. The van der Waals surface area contributed by atoms with E-state index in [-0.39, 0.29) is 12.4 Å². The van der Waals surface area contributed by atoms with Gasteiger partial charge in [-0.15, -0.1) is 0 Å². The highest BCUT2D eigenvalue weighted by Crippen LogP contribution is 2.17. The van der Waals surface area contributed by atoms with Crippen LogP contribution in [0.4, 0.5) is 0 Å². The minimum Gasteiger partial charge on any atom is -1.00 e. The zero-order valence-corrected chi connectivity index (χ0v) is 40.1. The number of halogens is 1. The van der Waals surface area contributed by atoms with Gasteiger partial charge in [0.15, 0.2) is 0 Å². The van der Waals surface area contributed by atoms with E-state index in [1.165, 1.54) is 236 Å². The Balaban J connectivity index is 0. The second kappa shape index (κ2) is 50.8. The third kappa shape index (κ3) is 49.0. The van der Waals surface area contributed by atoms with Crippen LogP contribution >= 0.6 is 0 Å². The van der Waals surface area contributed by atoms with E-state index in [9.17, 15) is 0 Å². The van der Waals surface area contributed by atoms with E-state index in [2.05, 4.69) is 101 Å². The lowest BCUT2D eigenvalue weighted by molar-refractivity contribution is -0.910. The summed E-state index contributed by atoms with van der Waals surface area (Å²) in [5, 5.41) is 0. The third-order valence-corrected chi connectivity index (χ3v) is 11.7. The maximum atomic E-state index is 2.60. The van der Waals surface area contributed by atoms with Crippen molar-refractivity contribution in [2.24, 2.45) is 0 Å². The van der Waals surface area contributed by atoms with Crippen LogP contribution in [-0.4, -0.2) is 31.2 Å². The molecule has 57 heavy (non-hydrogen) atoms. The molecular weight excluding hydrogens is 710 g/mol. The lowest BCUT2D eigenvalue weighted by Gasteiger charge is -2.35. The SMILES string of the molecule is CCCCC/C=C\C/C=C\CCCCCCCC[N+](C)(CCCCCCCC/C=C\C/C=C\CCCCC)CCCCCCCC/C=C\C/C=C\CCCCC.[Cl-]. The average molecular weight is 813 g/mol. The number of hydrogen-bond acceptors (Lipinski definition) is 0. The molecule has 0 fully saturated rings. The monoisotopic (exact) mass is 812 g/mol. The molecule has 0 amide bonds. The second-order valence-corrected chi connectivity index (χ2v) is 17.5. The summed E-state index contributed by atoms with van der Waals surface area (Å²) in [6.45, 7) is 11.0. The summed E-state index contributed by atoms with van der Waals surface area (Å²) in [5.74, 6) is 0. The number of hydrogen-bond donors (Lipinski definition) is 0. The van der Waals surface area contributed by atoms with Gasteiger partial charge in [-0.25, -0.2) is 0 Å². The lowest BCUT2D eigenvalue weighted by Crippen LogP contribution is -3.00. The zero-order chi connectivity index (χ0) is 40.6. The third-order valence-electron chi connectivity index (χ3n) is 11.7. The Bertz CT molecular complexity index is 806. The largest absolute Gasteiger partial charge is 1.00 e. The molecule has 2 heteroatoms. The average Bonchev–Trinajstić information content (AvgIpc) is 3.20. The second-order valence-electron chi connectivity index (χ2n) is 17.5. The van der Waals surface area contributed by atoms with Gasteiger partial charge in [-0.05, 0) is 135 Å². The number of allylic oxidation sites excluding steroid dienone is 12. The van der Waals surface area contributed by atoms with Crippen LogP contribution in [-0.2, 0) is 0 Å². The Kier molecular flexibility index (Phi) is 51.5. The van der Waals surface area contributed by atoms with E-state index in [0.29, 0.717) is 0 Å². The molecule has 0 aromatic carbocycles. The highest BCUT2D eigenvalue weighted by atomic mass is 35.5. The van der Waals surface area contributed by atoms with Crippen molar-refractivity contribution in [1.82, 2.24) is 0 Å². The summed E-state index contributed by atoms with van der Waals surface area (Å²) in [6, 6.07) is 0. The van der Waals surface area contributed by atoms with Crippen LogP contribution in [0.3, 0.4) is 0 Å². The number of quaternary nitrogens is 1. The van der Waals surface area contributed by atoms with Crippen LogP contribution in [0.2, 0.25) is 0 Å². The molecule has 1 nitrogen and oxygen atoms in total. The van der Waals surface area contributed by atoms with Crippen molar-refractivity contribution in [3.05, 3.63) is 72.9 Å². The van der Waals surface area contributed by atoms with Crippen LogP contribution < -0.4 is 12.4 Å². The van der Waals surface area contributed by atoms with Gasteiger partial charge in [-0.3, -0.25) is 0 Å². The van der Waals surface area contributed by atoms with Crippen LogP contribution in [0.25, 0.3) is 0 Å². The van der Waals surface area contributed by atoms with E-state index in [1.807, 2.05) is 0 Å². The smallest absolute Gasteiger partial charge is 0.0784 e. The molecule has 0 aromatic heterocycles. The quantitative estimate of drug-likeness (QED) is 0.0326. The predicted molar refractivity (Wildman–Crippen MR) is 259 cm³/mol. The van der Waals surface area contributed by atoms with E-state index < -0.39 is 0 Å². The fraction of sp³-hybridized carbons (Fsp3) is 0.782. The number of unbranched alkanes of at least 4 members (excludes halogenated alkanes) is 27. The summed E-state index contributed by atoms with van der Waals surface area (Å²) in [6.07, 6.45) is 77.0. The molecule has 0 N–H and O–H groups in total. The molecule has 0 unspecified atom stereocenters. The zero-order valence-electron chi connectivity index (χ0n) is 39.3. The molecule has 0 aliphatic carbocycles. The van der Waals surface area contributed by atoms with Gasteiger partial charge in [0.25, 0.3) is 0 Å². The van der Waals surface area contributed by atoms with E-state index in [1.54, 1.807) is 0 Å². The molecule has 0 spiro atoms. The van der Waals surface area contributed by atoms with Gasteiger partial charge < -0.3 is 16.9 Å². The van der Waals surface area contributed by atoms with Crippen molar-refractivity contribution >= 4 is 0 Å². The van der Waals surface area contributed by atoms with Crippen molar-refractivity contribution in [3.63, 3.8) is 0 Å². The molecule has 0 saturated heterocycles. The van der Waals surface area contributed by atoms with Gasteiger partial charge in [0.1, 0.15) is 0 Å². The molecular formula is C55H102ClN. The Morgan fingerprint density at radius 2 is 0.439 bits per heavy atom. The van der Waals surface area contributed by atoms with Gasteiger partial charge >= 0.3 is 0 Å². The minimum atomic E-state index is 0. The Morgan fingerprint density at radius 3 is 0.667 bits per heavy atom. The summed E-state index contributed by atoms with van der Waals surface area (Å²) >= 11 is 0. The summed E-state index contributed by atoms with van der Waals surface area (Å²) < 4.78 is 1.33. The summed E-state index contributed by atoms with van der Waals surface area (Å²) in [5.41, 5.74) is 0. The molecule has 0 aliphatic heterocycles. The van der Waals surface area contributed by atoms with Gasteiger partial charge in [0.2, 0.25) is 0 Å². The van der Waals surface area contributed by atoms with Crippen LogP contribution in [0.15, 0.2) is 72.9 Å². The fourth-order valence-electron chi connectivity index (χ4n) is 7.78. The van der Waals surface area contributed by atoms with Crippen molar-refractivity contribution < 1.29 is 16.9 Å². The first-order valence-corrected chi connectivity index (χ1v) is 25.4. The molecule has 0 saturated carbocycles. The van der Waals surface area contributed by atoms with Crippen LogP contribution in [0, 0.1) is 0 Å². The Labute approximate surface area is 366 Å². The van der Waals surface area contributed by atoms with Gasteiger partial charge in [0.05, 0.1) is 26.7 Å². The maximum absolute atomic E-state index is 2.60.